The highest BCUT2D eigenvalue weighted by molar-refractivity contribution is 5.99. The summed E-state index contributed by atoms with van der Waals surface area (Å²) in [5, 5.41) is 0. The number of fused-ring (bicyclic) bond motifs is 2. The Hall–Kier alpha value is -1.61. The van der Waals surface area contributed by atoms with Crippen LogP contribution in [0, 0.1) is 0 Å². The summed E-state index contributed by atoms with van der Waals surface area (Å²) < 4.78 is 10.7. The third kappa shape index (κ3) is 1.85. The molecule has 1 fully saturated rings. The van der Waals surface area contributed by atoms with Gasteiger partial charge in [0.25, 0.3) is 0 Å². The number of carbonyl (C=O) groups excluding carboxylic acids is 1. The second kappa shape index (κ2) is 4.58. The number of rotatable bonds is 2. The van der Waals surface area contributed by atoms with E-state index in [1.165, 1.54) is 7.11 Å². The zero-order valence-electron chi connectivity index (χ0n) is 10.4. The van der Waals surface area contributed by atoms with E-state index in [-0.39, 0.29) is 18.2 Å². The second-order valence-corrected chi connectivity index (χ2v) is 4.78. The molecular weight excluding hydrogens is 228 g/mol. The van der Waals surface area contributed by atoms with Crippen molar-refractivity contribution in [3.05, 3.63) is 41.5 Å². The van der Waals surface area contributed by atoms with Gasteiger partial charge in [-0.25, -0.2) is 4.79 Å². The molecule has 3 heteroatoms. The molecule has 2 aliphatic rings. The average molecular weight is 244 g/mol. The van der Waals surface area contributed by atoms with Gasteiger partial charge in [0.05, 0.1) is 24.9 Å². The monoisotopic (exact) mass is 244 g/mol. The molecule has 94 valence electrons. The van der Waals surface area contributed by atoms with Gasteiger partial charge in [-0.15, -0.1) is 0 Å². The van der Waals surface area contributed by atoms with E-state index in [4.69, 9.17) is 9.47 Å². The van der Waals surface area contributed by atoms with Gasteiger partial charge in [-0.3, -0.25) is 0 Å². The summed E-state index contributed by atoms with van der Waals surface area (Å²) in [6.07, 6.45) is 2.95. The van der Waals surface area contributed by atoms with E-state index in [1.54, 1.807) is 0 Å². The number of esters is 1. The Morgan fingerprint density at radius 1 is 1.28 bits per heavy atom. The standard InChI is InChI=1S/C15H16O3/c1-17-15(16)14-12(10-5-3-2-4-6-10)9-11-7-8-13(14)18-11/h2-6,11,13H,7-9H2,1H3/t11-,13+/m0/s1. The lowest BCUT2D eigenvalue weighted by atomic mass is 9.92. The maximum atomic E-state index is 12.0. The van der Waals surface area contributed by atoms with Gasteiger partial charge in [0.1, 0.15) is 0 Å². The molecule has 2 bridgehead atoms. The molecule has 0 saturated carbocycles. The largest absolute Gasteiger partial charge is 0.466 e. The fraction of sp³-hybridized carbons (Fsp3) is 0.400. The van der Waals surface area contributed by atoms with Crippen molar-refractivity contribution in [3.63, 3.8) is 0 Å². The number of ether oxygens (including phenoxy) is 2. The van der Waals surface area contributed by atoms with E-state index in [9.17, 15) is 4.79 Å². The third-order valence-corrected chi connectivity index (χ3v) is 3.71. The van der Waals surface area contributed by atoms with Crippen LogP contribution in [0.25, 0.3) is 5.57 Å². The van der Waals surface area contributed by atoms with E-state index < -0.39 is 0 Å². The van der Waals surface area contributed by atoms with Crippen LogP contribution in [0.1, 0.15) is 24.8 Å². The average Bonchev–Trinajstić information content (AvgIpc) is 2.80. The maximum absolute atomic E-state index is 12.0. The van der Waals surface area contributed by atoms with E-state index in [2.05, 4.69) is 0 Å². The van der Waals surface area contributed by atoms with Crippen LogP contribution in [0.2, 0.25) is 0 Å². The molecule has 0 radical (unpaired) electrons. The minimum Gasteiger partial charge on any atom is -0.466 e. The number of benzene rings is 1. The second-order valence-electron chi connectivity index (χ2n) is 4.78. The van der Waals surface area contributed by atoms with Gasteiger partial charge in [0.2, 0.25) is 0 Å². The molecule has 0 unspecified atom stereocenters. The molecule has 1 saturated heterocycles. The molecular formula is C15H16O3. The normalized spacial score (nSPS) is 26.3. The Kier molecular flexibility index (Phi) is 2.92. The van der Waals surface area contributed by atoms with Gasteiger partial charge in [0.15, 0.2) is 0 Å². The van der Waals surface area contributed by atoms with Crippen LogP contribution in [0.3, 0.4) is 0 Å². The highest BCUT2D eigenvalue weighted by Crippen LogP contribution is 2.41. The van der Waals surface area contributed by atoms with Crippen LogP contribution >= 0.6 is 0 Å². The fourth-order valence-corrected chi connectivity index (χ4v) is 2.88. The Morgan fingerprint density at radius 3 is 2.78 bits per heavy atom. The molecule has 2 aliphatic heterocycles. The lowest BCUT2D eigenvalue weighted by Crippen LogP contribution is -2.26. The Bertz CT molecular complexity index is 490. The van der Waals surface area contributed by atoms with Crippen molar-refractivity contribution in [2.45, 2.75) is 31.5 Å². The van der Waals surface area contributed by atoms with Crippen molar-refractivity contribution >= 4 is 11.5 Å². The lowest BCUT2D eigenvalue weighted by molar-refractivity contribution is -0.137. The fourth-order valence-electron chi connectivity index (χ4n) is 2.88. The summed E-state index contributed by atoms with van der Waals surface area (Å²) in [5.41, 5.74) is 2.93. The van der Waals surface area contributed by atoms with Gasteiger partial charge in [-0.05, 0) is 30.4 Å². The van der Waals surface area contributed by atoms with Crippen molar-refractivity contribution in [2.24, 2.45) is 0 Å². The molecule has 2 heterocycles. The maximum Gasteiger partial charge on any atom is 0.336 e. The van der Waals surface area contributed by atoms with Gasteiger partial charge >= 0.3 is 5.97 Å². The lowest BCUT2D eigenvalue weighted by Gasteiger charge is -2.26. The van der Waals surface area contributed by atoms with Crippen LogP contribution in [-0.4, -0.2) is 25.3 Å². The summed E-state index contributed by atoms with van der Waals surface area (Å²) in [5.74, 6) is -0.251. The molecule has 18 heavy (non-hydrogen) atoms. The summed E-state index contributed by atoms with van der Waals surface area (Å²) in [4.78, 5) is 12.0. The molecule has 0 aliphatic carbocycles. The minimum absolute atomic E-state index is 0.0774. The summed E-state index contributed by atoms with van der Waals surface area (Å²) in [6, 6.07) is 10.1. The van der Waals surface area contributed by atoms with E-state index in [1.807, 2.05) is 30.3 Å². The summed E-state index contributed by atoms with van der Waals surface area (Å²) >= 11 is 0. The van der Waals surface area contributed by atoms with E-state index in [0.717, 1.165) is 36.0 Å². The van der Waals surface area contributed by atoms with Crippen molar-refractivity contribution < 1.29 is 14.3 Å². The highest BCUT2D eigenvalue weighted by Gasteiger charge is 2.39. The van der Waals surface area contributed by atoms with Gasteiger partial charge in [-0.2, -0.15) is 0 Å². The summed E-state index contributed by atoms with van der Waals surface area (Å²) in [7, 11) is 1.43. The van der Waals surface area contributed by atoms with Crippen molar-refractivity contribution in [2.75, 3.05) is 7.11 Å². The number of methoxy groups -OCH3 is 1. The third-order valence-electron chi connectivity index (χ3n) is 3.71. The van der Waals surface area contributed by atoms with Gasteiger partial charge < -0.3 is 9.47 Å². The zero-order chi connectivity index (χ0) is 12.5. The van der Waals surface area contributed by atoms with Crippen LogP contribution in [0.5, 0.6) is 0 Å². The van der Waals surface area contributed by atoms with Crippen LogP contribution < -0.4 is 0 Å². The van der Waals surface area contributed by atoms with Crippen LogP contribution in [-0.2, 0) is 14.3 Å². The SMILES string of the molecule is COC(=O)C1=C(c2ccccc2)C[C@@H]2CC[C@H]1O2. The molecule has 1 aromatic carbocycles. The van der Waals surface area contributed by atoms with Gasteiger partial charge in [0, 0.05) is 0 Å². The molecule has 1 aromatic rings. The first-order valence-electron chi connectivity index (χ1n) is 6.32. The van der Waals surface area contributed by atoms with Crippen molar-refractivity contribution in [1.82, 2.24) is 0 Å². The van der Waals surface area contributed by atoms with Crippen LogP contribution in [0.4, 0.5) is 0 Å². The molecule has 0 amide bonds. The number of hydrogen-bond acceptors (Lipinski definition) is 3. The van der Waals surface area contributed by atoms with E-state index >= 15 is 0 Å². The quantitative estimate of drug-likeness (QED) is 0.750. The first-order valence-corrected chi connectivity index (χ1v) is 6.32. The molecule has 0 N–H and O–H groups in total. The molecule has 3 nitrogen and oxygen atoms in total. The molecule has 0 spiro atoms. The molecule has 2 atom stereocenters. The summed E-state index contributed by atoms with van der Waals surface area (Å²) in [6.45, 7) is 0. The minimum atomic E-state index is -0.251. The topological polar surface area (TPSA) is 35.5 Å². The van der Waals surface area contributed by atoms with Crippen LogP contribution in [0.15, 0.2) is 35.9 Å². The Morgan fingerprint density at radius 2 is 2.06 bits per heavy atom. The predicted octanol–water partition coefficient (Wildman–Crippen LogP) is 2.56. The Balaban J connectivity index is 2.09. The molecule has 0 aromatic heterocycles. The van der Waals surface area contributed by atoms with Crippen molar-refractivity contribution in [1.29, 1.82) is 0 Å². The van der Waals surface area contributed by atoms with Crippen molar-refractivity contribution in [3.8, 4) is 0 Å². The molecule has 3 rings (SSSR count). The number of hydrogen-bond donors (Lipinski definition) is 0. The first kappa shape index (κ1) is 11.5. The van der Waals surface area contributed by atoms with E-state index in [0.29, 0.717) is 0 Å². The van der Waals surface area contributed by atoms with Gasteiger partial charge in [-0.1, -0.05) is 30.3 Å². The zero-order valence-corrected chi connectivity index (χ0v) is 10.4. The first-order chi connectivity index (χ1) is 8.79. The highest BCUT2D eigenvalue weighted by atomic mass is 16.5. The predicted molar refractivity (Wildman–Crippen MR) is 67.9 cm³/mol. The Labute approximate surface area is 106 Å². The smallest absolute Gasteiger partial charge is 0.336 e. The number of carbonyl (C=O) groups is 1.